The highest BCUT2D eigenvalue weighted by Gasteiger charge is 2.12. The number of nitrogens with zero attached hydrogens (tertiary/aromatic N) is 2. The number of aromatic nitrogens is 2. The number of hydrogen-bond donors (Lipinski definition) is 1. The molecule has 108 valence electrons. The number of aryl methyl sites for hydroxylation is 1. The van der Waals surface area contributed by atoms with E-state index in [1.165, 1.54) is 10.6 Å². The standard InChI is InChI=1S/C15H20BrN3S/c1-3-5-12-14(10-17-8-4-2)20-15(19-12)13-7-6-11(16)9-18-13/h6-7,9,17H,3-5,8,10H2,1-2H3. The second kappa shape index (κ2) is 7.86. The molecule has 0 saturated heterocycles. The average Bonchev–Trinajstić information content (AvgIpc) is 2.84. The molecule has 3 nitrogen and oxygen atoms in total. The molecular weight excluding hydrogens is 334 g/mol. The van der Waals surface area contributed by atoms with Gasteiger partial charge in [-0.1, -0.05) is 20.3 Å². The highest BCUT2D eigenvalue weighted by molar-refractivity contribution is 9.10. The van der Waals surface area contributed by atoms with Gasteiger partial charge in [-0.25, -0.2) is 4.98 Å². The van der Waals surface area contributed by atoms with Gasteiger partial charge in [-0.05, 0) is 47.4 Å². The minimum absolute atomic E-state index is 0.914. The van der Waals surface area contributed by atoms with Gasteiger partial charge in [-0.2, -0.15) is 0 Å². The largest absolute Gasteiger partial charge is 0.312 e. The Labute approximate surface area is 133 Å². The lowest BCUT2D eigenvalue weighted by Crippen LogP contribution is -2.13. The van der Waals surface area contributed by atoms with Gasteiger partial charge in [0.25, 0.3) is 0 Å². The van der Waals surface area contributed by atoms with Gasteiger partial charge in [-0.15, -0.1) is 11.3 Å². The molecule has 0 aromatic carbocycles. The summed E-state index contributed by atoms with van der Waals surface area (Å²) in [6, 6.07) is 4.03. The molecule has 0 aliphatic carbocycles. The summed E-state index contributed by atoms with van der Waals surface area (Å²) < 4.78 is 0.997. The van der Waals surface area contributed by atoms with E-state index in [1.807, 2.05) is 18.3 Å². The monoisotopic (exact) mass is 353 g/mol. The van der Waals surface area contributed by atoms with Gasteiger partial charge in [0, 0.05) is 22.1 Å². The summed E-state index contributed by atoms with van der Waals surface area (Å²) in [4.78, 5) is 10.6. The highest BCUT2D eigenvalue weighted by atomic mass is 79.9. The fraction of sp³-hybridized carbons (Fsp3) is 0.467. The molecule has 0 amide bonds. The van der Waals surface area contributed by atoms with Crippen LogP contribution in [-0.4, -0.2) is 16.5 Å². The number of nitrogens with one attached hydrogen (secondary N) is 1. The Morgan fingerprint density at radius 1 is 1.25 bits per heavy atom. The van der Waals surface area contributed by atoms with Crippen LogP contribution in [0.25, 0.3) is 10.7 Å². The van der Waals surface area contributed by atoms with Gasteiger partial charge in [0.1, 0.15) is 5.01 Å². The van der Waals surface area contributed by atoms with Crippen LogP contribution < -0.4 is 5.32 Å². The Morgan fingerprint density at radius 3 is 2.75 bits per heavy atom. The van der Waals surface area contributed by atoms with Gasteiger partial charge in [-0.3, -0.25) is 4.98 Å². The maximum absolute atomic E-state index is 4.78. The lowest BCUT2D eigenvalue weighted by molar-refractivity contribution is 0.674. The van der Waals surface area contributed by atoms with E-state index in [4.69, 9.17) is 4.98 Å². The number of hydrogen-bond acceptors (Lipinski definition) is 4. The number of thiazole rings is 1. The number of halogens is 1. The third-order valence-electron chi connectivity index (χ3n) is 2.92. The van der Waals surface area contributed by atoms with E-state index in [1.54, 1.807) is 11.3 Å². The zero-order chi connectivity index (χ0) is 14.4. The third kappa shape index (κ3) is 4.11. The van der Waals surface area contributed by atoms with Crippen molar-refractivity contribution in [2.24, 2.45) is 0 Å². The summed E-state index contributed by atoms with van der Waals surface area (Å²) in [5.41, 5.74) is 2.18. The molecule has 20 heavy (non-hydrogen) atoms. The summed E-state index contributed by atoms with van der Waals surface area (Å²) >= 11 is 5.17. The average molecular weight is 354 g/mol. The molecule has 0 radical (unpaired) electrons. The molecule has 0 unspecified atom stereocenters. The molecule has 1 N–H and O–H groups in total. The molecule has 0 aliphatic heterocycles. The van der Waals surface area contributed by atoms with E-state index in [2.05, 4.69) is 40.1 Å². The van der Waals surface area contributed by atoms with Crippen LogP contribution in [-0.2, 0) is 13.0 Å². The maximum Gasteiger partial charge on any atom is 0.142 e. The number of pyridine rings is 1. The second-order valence-corrected chi connectivity index (χ2v) is 6.68. The summed E-state index contributed by atoms with van der Waals surface area (Å²) in [5, 5.41) is 4.49. The third-order valence-corrected chi connectivity index (χ3v) is 4.51. The zero-order valence-electron chi connectivity index (χ0n) is 11.9. The Bertz CT molecular complexity index is 537. The maximum atomic E-state index is 4.78. The Kier molecular flexibility index (Phi) is 6.13. The molecule has 2 aromatic rings. The van der Waals surface area contributed by atoms with Crippen LogP contribution in [0.1, 0.15) is 37.3 Å². The SMILES string of the molecule is CCCNCc1sc(-c2ccc(Br)cn2)nc1CCC. The van der Waals surface area contributed by atoms with Gasteiger partial charge in [0.2, 0.25) is 0 Å². The number of rotatable bonds is 7. The quantitative estimate of drug-likeness (QED) is 0.748. The van der Waals surface area contributed by atoms with Gasteiger partial charge >= 0.3 is 0 Å². The van der Waals surface area contributed by atoms with E-state index in [-0.39, 0.29) is 0 Å². The van der Waals surface area contributed by atoms with Crippen molar-refractivity contribution in [3.8, 4) is 10.7 Å². The Morgan fingerprint density at radius 2 is 2.10 bits per heavy atom. The van der Waals surface area contributed by atoms with E-state index in [9.17, 15) is 0 Å². The van der Waals surface area contributed by atoms with Crippen LogP contribution in [0.4, 0.5) is 0 Å². The summed E-state index contributed by atoms with van der Waals surface area (Å²) in [6.45, 7) is 6.34. The Hall–Kier alpha value is -0.780. The Balaban J connectivity index is 2.21. The van der Waals surface area contributed by atoms with E-state index < -0.39 is 0 Å². The van der Waals surface area contributed by atoms with Crippen LogP contribution in [0.15, 0.2) is 22.8 Å². The summed E-state index contributed by atoms with van der Waals surface area (Å²) in [5.74, 6) is 0. The lowest BCUT2D eigenvalue weighted by Gasteiger charge is -2.02. The topological polar surface area (TPSA) is 37.8 Å². The van der Waals surface area contributed by atoms with Crippen molar-refractivity contribution >= 4 is 27.3 Å². The first-order chi connectivity index (χ1) is 9.74. The van der Waals surface area contributed by atoms with Crippen molar-refractivity contribution in [1.82, 2.24) is 15.3 Å². The molecule has 2 heterocycles. The van der Waals surface area contributed by atoms with Gasteiger partial charge in [0.05, 0.1) is 11.4 Å². The van der Waals surface area contributed by atoms with E-state index in [0.717, 1.165) is 47.5 Å². The molecule has 0 saturated carbocycles. The first kappa shape index (κ1) is 15.6. The summed E-state index contributed by atoms with van der Waals surface area (Å²) in [7, 11) is 0. The normalized spacial score (nSPS) is 10.9. The molecule has 0 aliphatic rings. The molecule has 2 rings (SSSR count). The van der Waals surface area contributed by atoms with Crippen LogP contribution in [0.3, 0.4) is 0 Å². The molecule has 0 fully saturated rings. The molecular formula is C15H20BrN3S. The van der Waals surface area contributed by atoms with Crippen molar-refractivity contribution in [1.29, 1.82) is 0 Å². The van der Waals surface area contributed by atoms with Gasteiger partial charge in [0.15, 0.2) is 0 Å². The van der Waals surface area contributed by atoms with Crippen molar-refractivity contribution < 1.29 is 0 Å². The van der Waals surface area contributed by atoms with Crippen molar-refractivity contribution in [2.45, 2.75) is 39.7 Å². The molecule has 0 spiro atoms. The highest BCUT2D eigenvalue weighted by Crippen LogP contribution is 2.28. The molecule has 5 heteroatoms. The van der Waals surface area contributed by atoms with Crippen LogP contribution in [0, 0.1) is 0 Å². The fourth-order valence-electron chi connectivity index (χ4n) is 1.94. The molecule has 0 atom stereocenters. The first-order valence-corrected chi connectivity index (χ1v) is 8.66. The van der Waals surface area contributed by atoms with E-state index in [0.29, 0.717) is 0 Å². The van der Waals surface area contributed by atoms with Crippen molar-refractivity contribution in [3.63, 3.8) is 0 Å². The van der Waals surface area contributed by atoms with Crippen molar-refractivity contribution in [3.05, 3.63) is 33.4 Å². The predicted octanol–water partition coefficient (Wildman–Crippen LogP) is 4.42. The lowest BCUT2D eigenvalue weighted by atomic mass is 10.2. The zero-order valence-corrected chi connectivity index (χ0v) is 14.4. The molecule has 0 bridgehead atoms. The first-order valence-electron chi connectivity index (χ1n) is 7.05. The molecule has 2 aromatic heterocycles. The van der Waals surface area contributed by atoms with Gasteiger partial charge < -0.3 is 5.32 Å². The van der Waals surface area contributed by atoms with Crippen molar-refractivity contribution in [2.75, 3.05) is 6.54 Å². The smallest absolute Gasteiger partial charge is 0.142 e. The fourth-order valence-corrected chi connectivity index (χ4v) is 3.23. The second-order valence-electron chi connectivity index (χ2n) is 4.68. The minimum Gasteiger partial charge on any atom is -0.312 e. The van der Waals surface area contributed by atoms with Crippen LogP contribution in [0.5, 0.6) is 0 Å². The minimum atomic E-state index is 0.914. The predicted molar refractivity (Wildman–Crippen MR) is 89.0 cm³/mol. The van der Waals surface area contributed by atoms with E-state index >= 15 is 0 Å². The summed E-state index contributed by atoms with van der Waals surface area (Å²) in [6.07, 6.45) is 5.14. The van der Waals surface area contributed by atoms with Crippen LogP contribution in [0.2, 0.25) is 0 Å². The van der Waals surface area contributed by atoms with Crippen LogP contribution >= 0.6 is 27.3 Å².